The average Bonchev–Trinajstić information content (AvgIpc) is 2.74. The van der Waals surface area contributed by atoms with E-state index < -0.39 is 6.17 Å². The molecule has 4 atom stereocenters. The van der Waals surface area contributed by atoms with E-state index in [1.807, 2.05) is 26.8 Å². The lowest BCUT2D eigenvalue weighted by Gasteiger charge is -2.22. The van der Waals surface area contributed by atoms with Crippen LogP contribution >= 0.6 is 0 Å². The van der Waals surface area contributed by atoms with E-state index in [1.165, 1.54) is 18.4 Å². The van der Waals surface area contributed by atoms with Gasteiger partial charge in [0.05, 0.1) is 18.4 Å². The molecule has 0 amide bonds. The molecule has 152 valence electrons. The van der Waals surface area contributed by atoms with Crippen molar-refractivity contribution in [3.63, 3.8) is 0 Å². The van der Waals surface area contributed by atoms with Gasteiger partial charge in [-0.2, -0.15) is 0 Å². The van der Waals surface area contributed by atoms with Gasteiger partial charge in [-0.05, 0) is 54.5 Å². The van der Waals surface area contributed by atoms with Crippen LogP contribution in [0.1, 0.15) is 58.2 Å². The fraction of sp³-hybridized carbons (Fsp3) is 0.682. The Bertz CT molecular complexity index is 632. The molecule has 27 heavy (non-hydrogen) atoms. The molecule has 1 aromatic rings. The van der Waals surface area contributed by atoms with Crippen LogP contribution in [-0.2, 0) is 6.54 Å². The molecular weight excluding hydrogens is 341 g/mol. The summed E-state index contributed by atoms with van der Waals surface area (Å²) in [6.07, 6.45) is 6.31. The van der Waals surface area contributed by atoms with Crippen molar-refractivity contribution in [1.29, 1.82) is 0 Å². The van der Waals surface area contributed by atoms with Crippen LogP contribution < -0.4 is 15.8 Å². The van der Waals surface area contributed by atoms with Crippen molar-refractivity contribution < 1.29 is 9.13 Å². The zero-order valence-corrected chi connectivity index (χ0v) is 17.5. The molecule has 0 spiro atoms. The number of nitrogens with one attached hydrogen (secondary N) is 1. The largest absolute Gasteiger partial charge is 0.489 e. The van der Waals surface area contributed by atoms with Gasteiger partial charge < -0.3 is 15.8 Å². The third-order valence-corrected chi connectivity index (χ3v) is 5.77. The van der Waals surface area contributed by atoms with Crippen molar-refractivity contribution in [1.82, 2.24) is 10.3 Å². The number of alkyl halides is 1. The highest BCUT2D eigenvalue weighted by molar-refractivity contribution is 5.31. The smallest absolute Gasteiger partial charge is 0.140 e. The lowest BCUT2D eigenvalue weighted by molar-refractivity contribution is 0.154. The van der Waals surface area contributed by atoms with Crippen molar-refractivity contribution in [3.8, 4) is 5.75 Å². The molecule has 2 rings (SSSR count). The summed E-state index contributed by atoms with van der Waals surface area (Å²) < 4.78 is 19.3. The highest BCUT2D eigenvalue weighted by Crippen LogP contribution is 2.31. The van der Waals surface area contributed by atoms with Crippen LogP contribution in [0.25, 0.3) is 0 Å². The monoisotopic (exact) mass is 377 g/mol. The Kier molecular flexibility index (Phi) is 8.08. The first-order valence-electron chi connectivity index (χ1n) is 10.2. The highest BCUT2D eigenvalue weighted by atomic mass is 19.1. The van der Waals surface area contributed by atoms with Gasteiger partial charge in [0, 0.05) is 6.04 Å². The molecule has 5 heteroatoms. The van der Waals surface area contributed by atoms with Crippen LogP contribution in [0.15, 0.2) is 24.0 Å². The molecule has 0 aliphatic heterocycles. The Hall–Kier alpha value is -1.62. The van der Waals surface area contributed by atoms with E-state index >= 15 is 0 Å². The average molecular weight is 378 g/mol. The first-order chi connectivity index (χ1) is 12.8. The second-order valence-electron chi connectivity index (χ2n) is 8.34. The molecule has 1 aliphatic rings. The molecule has 1 fully saturated rings. The summed E-state index contributed by atoms with van der Waals surface area (Å²) in [4.78, 5) is 4.45. The van der Waals surface area contributed by atoms with E-state index in [0.29, 0.717) is 24.1 Å². The Morgan fingerprint density at radius 2 is 2.11 bits per heavy atom. The molecule has 1 aliphatic carbocycles. The van der Waals surface area contributed by atoms with Gasteiger partial charge in [0.15, 0.2) is 0 Å². The van der Waals surface area contributed by atoms with Crippen molar-refractivity contribution in [3.05, 3.63) is 35.3 Å². The van der Waals surface area contributed by atoms with Crippen LogP contribution in [0, 0.1) is 24.7 Å². The third kappa shape index (κ3) is 6.20. The van der Waals surface area contributed by atoms with Gasteiger partial charge in [0.1, 0.15) is 18.5 Å². The number of rotatable bonds is 7. The lowest BCUT2D eigenvalue weighted by Crippen LogP contribution is -2.27. The molecule has 0 bridgehead atoms. The predicted molar refractivity (Wildman–Crippen MR) is 109 cm³/mol. The second-order valence-corrected chi connectivity index (χ2v) is 8.34. The van der Waals surface area contributed by atoms with E-state index in [-0.39, 0.29) is 18.6 Å². The number of aryl methyl sites for hydroxylation is 1. The normalized spacial score (nSPS) is 26.1. The molecule has 0 radical (unpaired) electrons. The van der Waals surface area contributed by atoms with E-state index in [0.717, 1.165) is 17.7 Å². The predicted octanol–water partition coefficient (Wildman–Crippen LogP) is 4.52. The maximum Gasteiger partial charge on any atom is 0.140 e. The molecule has 1 aromatic heterocycles. The van der Waals surface area contributed by atoms with Gasteiger partial charge in [0.25, 0.3) is 0 Å². The Morgan fingerprint density at radius 3 is 2.78 bits per heavy atom. The Balaban J connectivity index is 1.94. The van der Waals surface area contributed by atoms with Gasteiger partial charge in [-0.15, -0.1) is 0 Å². The zero-order chi connectivity index (χ0) is 20.0. The summed E-state index contributed by atoms with van der Waals surface area (Å²) in [6, 6.07) is 2.13. The topological polar surface area (TPSA) is 60.2 Å². The number of nitrogens with zero attached hydrogens (tertiary/aromatic N) is 1. The quantitative estimate of drug-likeness (QED) is 0.686. The number of aromatic nitrogens is 1. The molecule has 4 unspecified atom stereocenters. The molecule has 1 heterocycles. The van der Waals surface area contributed by atoms with Crippen molar-refractivity contribution in [2.45, 2.75) is 72.6 Å². The van der Waals surface area contributed by atoms with Crippen LogP contribution in [0.2, 0.25) is 0 Å². The standard InChI is InChI=1S/C22H36FN3O/c1-14(2)20(23)13-27-22-12-26-18(9-16(22)4)10-25-11-19-17(5)15(3)7-6-8-21(19)24/h9,11-12,14-15,17,20-21,25H,6-8,10,13,24H2,1-5H3/b19-11-. The SMILES string of the molecule is Cc1cc(CN/C=C2\C(N)CCCC(C)C2C)ncc1OCC(F)C(C)C. The maximum atomic E-state index is 13.7. The fourth-order valence-corrected chi connectivity index (χ4v) is 3.47. The minimum Gasteiger partial charge on any atom is -0.489 e. The Labute approximate surface area is 163 Å². The molecule has 1 saturated carbocycles. The number of hydrogen-bond donors (Lipinski definition) is 2. The molecule has 3 N–H and O–H groups in total. The van der Waals surface area contributed by atoms with Crippen LogP contribution in [-0.4, -0.2) is 23.8 Å². The van der Waals surface area contributed by atoms with Crippen molar-refractivity contribution in [2.75, 3.05) is 6.61 Å². The minimum absolute atomic E-state index is 0.0461. The van der Waals surface area contributed by atoms with E-state index in [9.17, 15) is 4.39 Å². The van der Waals surface area contributed by atoms with Gasteiger partial charge in [-0.3, -0.25) is 4.98 Å². The first-order valence-corrected chi connectivity index (χ1v) is 10.2. The number of ether oxygens (including phenoxy) is 1. The zero-order valence-electron chi connectivity index (χ0n) is 17.5. The fourth-order valence-electron chi connectivity index (χ4n) is 3.47. The van der Waals surface area contributed by atoms with Crippen LogP contribution in [0.5, 0.6) is 5.75 Å². The molecular formula is C22H36FN3O. The Morgan fingerprint density at radius 1 is 1.37 bits per heavy atom. The van der Waals surface area contributed by atoms with Gasteiger partial charge >= 0.3 is 0 Å². The first kappa shape index (κ1) is 21.7. The summed E-state index contributed by atoms with van der Waals surface area (Å²) in [7, 11) is 0. The van der Waals surface area contributed by atoms with Crippen LogP contribution in [0.3, 0.4) is 0 Å². The van der Waals surface area contributed by atoms with Gasteiger partial charge in [0.2, 0.25) is 0 Å². The maximum absolute atomic E-state index is 13.7. The van der Waals surface area contributed by atoms with Crippen LogP contribution in [0.4, 0.5) is 4.39 Å². The van der Waals surface area contributed by atoms with E-state index in [1.54, 1.807) is 6.20 Å². The number of hydrogen-bond acceptors (Lipinski definition) is 4. The second kappa shape index (κ2) is 10.1. The lowest BCUT2D eigenvalue weighted by atomic mass is 9.86. The number of halogens is 1. The summed E-state index contributed by atoms with van der Waals surface area (Å²) in [6.45, 7) is 10.9. The third-order valence-electron chi connectivity index (χ3n) is 5.77. The summed E-state index contributed by atoms with van der Waals surface area (Å²) in [5.41, 5.74) is 9.57. The number of pyridine rings is 1. The van der Waals surface area contributed by atoms with Gasteiger partial charge in [-0.25, -0.2) is 4.39 Å². The minimum atomic E-state index is -0.967. The van der Waals surface area contributed by atoms with Crippen molar-refractivity contribution in [2.24, 2.45) is 23.5 Å². The summed E-state index contributed by atoms with van der Waals surface area (Å²) in [5.74, 6) is 1.76. The number of nitrogens with two attached hydrogens (primary N) is 1. The summed E-state index contributed by atoms with van der Waals surface area (Å²) >= 11 is 0. The van der Waals surface area contributed by atoms with E-state index in [2.05, 4.69) is 30.3 Å². The van der Waals surface area contributed by atoms with Gasteiger partial charge in [-0.1, -0.05) is 40.5 Å². The summed E-state index contributed by atoms with van der Waals surface area (Å²) in [5, 5.41) is 3.39. The molecule has 4 nitrogen and oxygen atoms in total. The highest BCUT2D eigenvalue weighted by Gasteiger charge is 2.25. The molecule has 0 saturated heterocycles. The van der Waals surface area contributed by atoms with E-state index in [4.69, 9.17) is 10.5 Å². The molecule has 0 aromatic carbocycles. The van der Waals surface area contributed by atoms with Crippen molar-refractivity contribution >= 4 is 0 Å².